The van der Waals surface area contributed by atoms with Crippen LogP contribution in [0.2, 0.25) is 5.02 Å². The highest BCUT2D eigenvalue weighted by Gasteiger charge is 2.54. The highest BCUT2D eigenvalue weighted by Crippen LogP contribution is 2.57. The zero-order valence-electron chi connectivity index (χ0n) is 17.4. The van der Waals surface area contributed by atoms with Crippen molar-refractivity contribution in [3.8, 4) is 0 Å². The van der Waals surface area contributed by atoms with Crippen molar-refractivity contribution in [2.75, 3.05) is 31.1 Å². The molecule has 5 nitrogen and oxygen atoms in total. The summed E-state index contributed by atoms with van der Waals surface area (Å²) in [7, 11) is 0. The fraction of sp³-hybridized carbons (Fsp3) is 0.667. The van der Waals surface area contributed by atoms with Crippen molar-refractivity contribution in [2.24, 2.45) is 17.8 Å². The Balaban J connectivity index is 1.14. The van der Waals surface area contributed by atoms with E-state index in [0.717, 1.165) is 43.9 Å². The number of benzene rings is 1. The van der Waals surface area contributed by atoms with Crippen LogP contribution in [0.5, 0.6) is 0 Å². The summed E-state index contributed by atoms with van der Waals surface area (Å²) in [5.74, 6) is 2.65. The molecule has 6 aliphatic rings. The first-order chi connectivity index (χ1) is 14.5. The molecule has 2 saturated heterocycles. The summed E-state index contributed by atoms with van der Waals surface area (Å²) in [4.78, 5) is 32.2. The number of carbonyl (C=O) groups excluding carboxylic acids is 2. The molecule has 6 fully saturated rings. The molecule has 2 aliphatic heterocycles. The minimum Gasteiger partial charge on any atom is -0.295 e. The van der Waals surface area contributed by atoms with Gasteiger partial charge >= 0.3 is 0 Å². The molecule has 4 saturated carbocycles. The van der Waals surface area contributed by atoms with Crippen LogP contribution in [0.3, 0.4) is 0 Å². The third-order valence-electron chi connectivity index (χ3n) is 8.62. The van der Waals surface area contributed by atoms with E-state index in [1.807, 2.05) is 0 Å². The van der Waals surface area contributed by atoms with Gasteiger partial charge in [-0.05, 0) is 74.5 Å². The van der Waals surface area contributed by atoms with Gasteiger partial charge in [-0.25, -0.2) is 4.90 Å². The van der Waals surface area contributed by atoms with E-state index in [-0.39, 0.29) is 24.3 Å². The normalized spacial score (nSPS) is 39.3. The van der Waals surface area contributed by atoms with Crippen molar-refractivity contribution in [3.05, 3.63) is 29.3 Å². The zero-order valence-corrected chi connectivity index (χ0v) is 18.2. The van der Waals surface area contributed by atoms with Crippen LogP contribution >= 0.6 is 11.6 Å². The maximum absolute atomic E-state index is 13.1. The molecule has 7 rings (SSSR count). The molecule has 0 spiro atoms. The summed E-state index contributed by atoms with van der Waals surface area (Å²) >= 11 is 6.08. The van der Waals surface area contributed by atoms with Crippen LogP contribution in [0.4, 0.5) is 5.69 Å². The van der Waals surface area contributed by atoms with Crippen molar-refractivity contribution in [1.29, 1.82) is 0 Å². The first-order valence-electron chi connectivity index (χ1n) is 11.6. The third kappa shape index (κ3) is 3.04. The molecule has 0 aromatic heterocycles. The Labute approximate surface area is 183 Å². The first kappa shape index (κ1) is 19.3. The van der Waals surface area contributed by atoms with Gasteiger partial charge in [-0.2, -0.15) is 0 Å². The van der Waals surface area contributed by atoms with Gasteiger partial charge in [0.15, 0.2) is 0 Å². The Morgan fingerprint density at radius 3 is 2.13 bits per heavy atom. The van der Waals surface area contributed by atoms with Crippen LogP contribution < -0.4 is 4.90 Å². The van der Waals surface area contributed by atoms with Crippen molar-refractivity contribution >= 4 is 29.1 Å². The molecular formula is C24H30ClN3O2. The van der Waals surface area contributed by atoms with E-state index in [0.29, 0.717) is 16.2 Å². The van der Waals surface area contributed by atoms with Gasteiger partial charge in [-0.15, -0.1) is 0 Å². The lowest BCUT2D eigenvalue weighted by Crippen LogP contribution is -2.64. The highest BCUT2D eigenvalue weighted by molar-refractivity contribution is 6.31. The lowest BCUT2D eigenvalue weighted by atomic mass is 9.52. The van der Waals surface area contributed by atoms with E-state index in [1.54, 1.807) is 24.3 Å². The summed E-state index contributed by atoms with van der Waals surface area (Å²) < 4.78 is 0. The first-order valence-corrected chi connectivity index (χ1v) is 12.0. The zero-order chi connectivity index (χ0) is 20.5. The second-order valence-electron chi connectivity index (χ2n) is 10.4. The third-order valence-corrected chi connectivity index (χ3v) is 8.86. The second-order valence-corrected chi connectivity index (χ2v) is 10.9. The predicted molar refractivity (Wildman–Crippen MR) is 116 cm³/mol. The number of hydrogen-bond acceptors (Lipinski definition) is 4. The van der Waals surface area contributed by atoms with E-state index in [1.165, 1.54) is 43.4 Å². The standard InChI is InChI=1S/C24H30ClN3O2/c25-19-2-1-3-20(11-19)28-22(29)12-21(23(28)30)26-4-6-27(7-5-26)24-13-16-8-17(14-24)10-18(9-16)15-24/h1-3,11,16-18,21H,4-10,12-15H2/t16?,17?,18?,21-,24?/m1/s1. The predicted octanol–water partition coefficient (Wildman–Crippen LogP) is 3.56. The maximum Gasteiger partial charge on any atom is 0.251 e. The Morgan fingerprint density at radius 2 is 1.53 bits per heavy atom. The summed E-state index contributed by atoms with van der Waals surface area (Å²) in [6.45, 7) is 3.83. The van der Waals surface area contributed by atoms with Crippen LogP contribution in [0.1, 0.15) is 44.9 Å². The molecule has 0 N–H and O–H groups in total. The number of carbonyl (C=O) groups is 2. The number of hydrogen-bond donors (Lipinski definition) is 0. The van der Waals surface area contributed by atoms with Crippen LogP contribution in [-0.2, 0) is 9.59 Å². The van der Waals surface area contributed by atoms with Crippen LogP contribution in [0.15, 0.2) is 24.3 Å². The maximum atomic E-state index is 13.1. The molecular weight excluding hydrogens is 398 g/mol. The molecule has 6 heteroatoms. The van der Waals surface area contributed by atoms with Crippen molar-refractivity contribution in [3.63, 3.8) is 0 Å². The average Bonchev–Trinajstić information content (AvgIpc) is 3.01. The minimum absolute atomic E-state index is 0.0921. The van der Waals surface area contributed by atoms with Crippen molar-refractivity contribution in [2.45, 2.75) is 56.5 Å². The van der Waals surface area contributed by atoms with Crippen LogP contribution in [-0.4, -0.2) is 59.4 Å². The average molecular weight is 428 g/mol. The largest absolute Gasteiger partial charge is 0.295 e. The molecule has 160 valence electrons. The fourth-order valence-corrected chi connectivity index (χ4v) is 7.93. The highest BCUT2D eigenvalue weighted by atomic mass is 35.5. The van der Waals surface area contributed by atoms with Crippen LogP contribution in [0.25, 0.3) is 0 Å². The van der Waals surface area contributed by atoms with E-state index in [2.05, 4.69) is 9.80 Å². The number of nitrogens with zero attached hydrogens (tertiary/aromatic N) is 3. The van der Waals surface area contributed by atoms with Gasteiger partial charge < -0.3 is 0 Å². The number of halogens is 1. The lowest BCUT2D eigenvalue weighted by molar-refractivity contribution is -0.125. The molecule has 4 aliphatic carbocycles. The van der Waals surface area contributed by atoms with Gasteiger partial charge in [-0.3, -0.25) is 19.4 Å². The molecule has 2 amide bonds. The summed E-state index contributed by atoms with van der Waals surface area (Å²) in [6, 6.07) is 6.71. The number of piperazine rings is 1. The summed E-state index contributed by atoms with van der Waals surface area (Å²) in [6.07, 6.45) is 8.86. The summed E-state index contributed by atoms with van der Waals surface area (Å²) in [5.41, 5.74) is 1.02. The van der Waals surface area contributed by atoms with Gasteiger partial charge in [0, 0.05) is 36.7 Å². The molecule has 0 radical (unpaired) electrons. The Bertz CT molecular complexity index is 844. The molecule has 1 atom stereocenters. The molecule has 30 heavy (non-hydrogen) atoms. The molecule has 4 bridgehead atoms. The second kappa shape index (κ2) is 7.04. The van der Waals surface area contributed by atoms with Gasteiger partial charge in [0.05, 0.1) is 18.2 Å². The van der Waals surface area contributed by atoms with E-state index >= 15 is 0 Å². The smallest absolute Gasteiger partial charge is 0.251 e. The SMILES string of the molecule is O=C1C[C@@H](N2CCN(C34CC5CC(CC(C5)C3)C4)CC2)C(=O)N1c1cccc(Cl)c1. The van der Waals surface area contributed by atoms with Gasteiger partial charge in [-0.1, -0.05) is 17.7 Å². The van der Waals surface area contributed by atoms with Crippen molar-refractivity contribution < 1.29 is 9.59 Å². The molecule has 1 aromatic rings. The van der Waals surface area contributed by atoms with Crippen LogP contribution in [0, 0.1) is 17.8 Å². The monoisotopic (exact) mass is 427 g/mol. The van der Waals surface area contributed by atoms with Gasteiger partial charge in [0.1, 0.15) is 0 Å². The lowest BCUT2D eigenvalue weighted by Gasteiger charge is -2.61. The van der Waals surface area contributed by atoms with E-state index < -0.39 is 0 Å². The number of amides is 2. The van der Waals surface area contributed by atoms with Crippen molar-refractivity contribution in [1.82, 2.24) is 9.80 Å². The van der Waals surface area contributed by atoms with Gasteiger partial charge in [0.25, 0.3) is 5.91 Å². The van der Waals surface area contributed by atoms with Gasteiger partial charge in [0.2, 0.25) is 5.91 Å². The number of anilines is 1. The fourth-order valence-electron chi connectivity index (χ4n) is 7.75. The Morgan fingerprint density at radius 1 is 0.900 bits per heavy atom. The molecule has 0 unspecified atom stereocenters. The quantitative estimate of drug-likeness (QED) is 0.692. The number of imide groups is 1. The molecule has 2 heterocycles. The summed E-state index contributed by atoms with van der Waals surface area (Å²) in [5, 5.41) is 0.542. The minimum atomic E-state index is -0.324. The molecule has 1 aromatic carbocycles. The Hall–Kier alpha value is -1.43. The van der Waals surface area contributed by atoms with E-state index in [9.17, 15) is 9.59 Å². The van der Waals surface area contributed by atoms with E-state index in [4.69, 9.17) is 11.6 Å². The topological polar surface area (TPSA) is 43.9 Å². The Kier molecular flexibility index (Phi) is 4.52. The number of rotatable bonds is 3.